The third-order valence-corrected chi connectivity index (χ3v) is 4.11. The SMILES string of the molecule is CCNC(=NCc1ccc(C(=O)NC)cc1)N(C)CC1CCOC1.I. The molecule has 1 heterocycles. The van der Waals surface area contributed by atoms with Crippen molar-refractivity contribution in [3.63, 3.8) is 0 Å². The number of carbonyl (C=O) groups excluding carboxylic acids is 1. The first-order valence-electron chi connectivity index (χ1n) is 8.52. The van der Waals surface area contributed by atoms with Gasteiger partial charge in [-0.25, -0.2) is 4.99 Å². The van der Waals surface area contributed by atoms with Crippen molar-refractivity contribution in [1.82, 2.24) is 15.5 Å². The molecule has 2 rings (SSSR count). The highest BCUT2D eigenvalue weighted by atomic mass is 127. The van der Waals surface area contributed by atoms with Crippen molar-refractivity contribution in [1.29, 1.82) is 0 Å². The summed E-state index contributed by atoms with van der Waals surface area (Å²) in [5.74, 6) is 1.40. The number of ether oxygens (including phenoxy) is 1. The van der Waals surface area contributed by atoms with Crippen LogP contribution in [0.3, 0.4) is 0 Å². The van der Waals surface area contributed by atoms with Gasteiger partial charge in [0.25, 0.3) is 5.91 Å². The lowest BCUT2D eigenvalue weighted by molar-refractivity contribution is 0.0963. The van der Waals surface area contributed by atoms with Crippen molar-refractivity contribution >= 4 is 35.8 Å². The molecule has 1 atom stereocenters. The quantitative estimate of drug-likeness (QED) is 0.388. The zero-order valence-corrected chi connectivity index (χ0v) is 17.6. The molecular formula is C18H29IN4O2. The predicted octanol–water partition coefficient (Wildman–Crippen LogP) is 2.10. The van der Waals surface area contributed by atoms with E-state index in [0.717, 1.165) is 44.2 Å². The zero-order chi connectivity index (χ0) is 17.4. The van der Waals surface area contributed by atoms with Gasteiger partial charge in [-0.1, -0.05) is 12.1 Å². The molecule has 1 unspecified atom stereocenters. The van der Waals surface area contributed by atoms with Crippen LogP contribution in [0.5, 0.6) is 0 Å². The Bertz CT molecular complexity index is 557. The second kappa shape index (κ2) is 11.3. The number of amides is 1. The molecule has 0 radical (unpaired) electrons. The third-order valence-electron chi connectivity index (χ3n) is 4.11. The lowest BCUT2D eigenvalue weighted by atomic mass is 10.1. The van der Waals surface area contributed by atoms with Crippen LogP contribution in [0, 0.1) is 5.92 Å². The van der Waals surface area contributed by atoms with E-state index in [1.54, 1.807) is 7.05 Å². The average molecular weight is 460 g/mol. The molecule has 1 fully saturated rings. The largest absolute Gasteiger partial charge is 0.381 e. The van der Waals surface area contributed by atoms with Gasteiger partial charge in [-0.2, -0.15) is 0 Å². The molecule has 0 saturated carbocycles. The summed E-state index contributed by atoms with van der Waals surface area (Å²) in [7, 11) is 3.70. The van der Waals surface area contributed by atoms with Gasteiger partial charge in [-0.05, 0) is 31.0 Å². The fraction of sp³-hybridized carbons (Fsp3) is 0.556. The Morgan fingerprint density at radius 3 is 2.64 bits per heavy atom. The summed E-state index contributed by atoms with van der Waals surface area (Å²) in [4.78, 5) is 18.4. The Morgan fingerprint density at radius 1 is 1.36 bits per heavy atom. The first kappa shape index (κ1) is 21.7. The molecule has 0 aromatic heterocycles. The highest BCUT2D eigenvalue weighted by Crippen LogP contribution is 2.13. The first-order chi connectivity index (χ1) is 11.6. The van der Waals surface area contributed by atoms with Gasteiger partial charge in [0, 0.05) is 45.3 Å². The smallest absolute Gasteiger partial charge is 0.251 e. The van der Waals surface area contributed by atoms with Gasteiger partial charge in [0.2, 0.25) is 0 Å². The van der Waals surface area contributed by atoms with Gasteiger partial charge >= 0.3 is 0 Å². The standard InChI is InChI=1S/C18H28N4O2.HI/c1-4-20-18(22(3)12-15-9-10-24-13-15)21-11-14-5-7-16(8-6-14)17(23)19-2;/h5-8,15H,4,9-13H2,1-3H3,(H,19,23)(H,20,21);1H. The number of hydrogen-bond donors (Lipinski definition) is 2. The van der Waals surface area contributed by atoms with Crippen molar-refractivity contribution in [2.45, 2.75) is 19.9 Å². The molecule has 0 spiro atoms. The van der Waals surface area contributed by atoms with Crippen LogP contribution in [0.1, 0.15) is 29.3 Å². The van der Waals surface area contributed by atoms with Crippen LogP contribution in [0.4, 0.5) is 0 Å². The Balaban J connectivity index is 0.00000312. The van der Waals surface area contributed by atoms with Crippen molar-refractivity contribution < 1.29 is 9.53 Å². The molecule has 1 amide bonds. The van der Waals surface area contributed by atoms with E-state index in [9.17, 15) is 4.79 Å². The van der Waals surface area contributed by atoms with E-state index in [2.05, 4.69) is 29.5 Å². The molecule has 6 nitrogen and oxygen atoms in total. The van der Waals surface area contributed by atoms with Crippen LogP contribution in [-0.2, 0) is 11.3 Å². The van der Waals surface area contributed by atoms with E-state index in [1.165, 1.54) is 0 Å². The van der Waals surface area contributed by atoms with Gasteiger partial charge < -0.3 is 20.3 Å². The second-order valence-corrected chi connectivity index (χ2v) is 6.06. The van der Waals surface area contributed by atoms with E-state index >= 15 is 0 Å². The number of guanidine groups is 1. The fourth-order valence-corrected chi connectivity index (χ4v) is 2.74. The van der Waals surface area contributed by atoms with Gasteiger partial charge in [0.15, 0.2) is 5.96 Å². The second-order valence-electron chi connectivity index (χ2n) is 6.06. The highest BCUT2D eigenvalue weighted by molar-refractivity contribution is 14.0. The predicted molar refractivity (Wildman–Crippen MR) is 112 cm³/mol. The summed E-state index contributed by atoms with van der Waals surface area (Å²) < 4.78 is 5.45. The van der Waals surface area contributed by atoms with Gasteiger partial charge in [0.1, 0.15) is 0 Å². The average Bonchev–Trinajstić information content (AvgIpc) is 3.11. The molecule has 7 heteroatoms. The maximum absolute atomic E-state index is 11.6. The van der Waals surface area contributed by atoms with Crippen LogP contribution in [-0.4, -0.2) is 57.2 Å². The molecule has 1 aromatic carbocycles. The Kier molecular flexibility index (Phi) is 9.81. The molecule has 1 aliphatic heterocycles. The number of nitrogens with zero attached hydrogens (tertiary/aromatic N) is 2. The minimum atomic E-state index is -0.0723. The Morgan fingerprint density at radius 2 is 2.08 bits per heavy atom. The molecule has 0 bridgehead atoms. The zero-order valence-electron chi connectivity index (χ0n) is 15.2. The maximum atomic E-state index is 11.6. The molecular weight excluding hydrogens is 431 g/mol. The number of rotatable bonds is 6. The van der Waals surface area contributed by atoms with E-state index in [4.69, 9.17) is 9.73 Å². The summed E-state index contributed by atoms with van der Waals surface area (Å²) in [5, 5.41) is 5.96. The Hall–Kier alpha value is -1.35. The maximum Gasteiger partial charge on any atom is 0.251 e. The molecule has 1 saturated heterocycles. The molecule has 2 N–H and O–H groups in total. The van der Waals surface area contributed by atoms with E-state index in [0.29, 0.717) is 18.0 Å². The molecule has 1 aliphatic rings. The summed E-state index contributed by atoms with van der Waals surface area (Å²) in [5.41, 5.74) is 1.74. The third kappa shape index (κ3) is 6.81. The van der Waals surface area contributed by atoms with Crippen LogP contribution in [0.15, 0.2) is 29.3 Å². The summed E-state index contributed by atoms with van der Waals surface area (Å²) in [6.07, 6.45) is 1.12. The normalized spacial score (nSPS) is 16.9. The lowest BCUT2D eigenvalue weighted by Crippen LogP contribution is -2.41. The van der Waals surface area contributed by atoms with E-state index < -0.39 is 0 Å². The van der Waals surface area contributed by atoms with Crippen LogP contribution in [0.2, 0.25) is 0 Å². The van der Waals surface area contributed by atoms with E-state index in [1.807, 2.05) is 24.3 Å². The summed E-state index contributed by atoms with van der Waals surface area (Å²) in [6, 6.07) is 7.55. The Labute approximate surface area is 167 Å². The fourth-order valence-electron chi connectivity index (χ4n) is 2.74. The monoisotopic (exact) mass is 460 g/mol. The minimum Gasteiger partial charge on any atom is -0.381 e. The summed E-state index contributed by atoms with van der Waals surface area (Å²) in [6.45, 7) is 6.14. The minimum absolute atomic E-state index is 0. The van der Waals surface area contributed by atoms with Crippen LogP contribution < -0.4 is 10.6 Å². The van der Waals surface area contributed by atoms with Crippen LogP contribution >= 0.6 is 24.0 Å². The van der Waals surface area contributed by atoms with Crippen molar-refractivity contribution in [2.75, 3.05) is 40.4 Å². The highest BCUT2D eigenvalue weighted by Gasteiger charge is 2.19. The molecule has 1 aromatic rings. The van der Waals surface area contributed by atoms with Gasteiger partial charge in [-0.3, -0.25) is 4.79 Å². The number of carbonyl (C=O) groups is 1. The molecule has 140 valence electrons. The first-order valence-corrected chi connectivity index (χ1v) is 8.52. The van der Waals surface area contributed by atoms with Crippen molar-refractivity contribution in [2.24, 2.45) is 10.9 Å². The number of nitrogens with one attached hydrogen (secondary N) is 2. The number of halogens is 1. The van der Waals surface area contributed by atoms with E-state index in [-0.39, 0.29) is 29.9 Å². The lowest BCUT2D eigenvalue weighted by Gasteiger charge is -2.24. The van der Waals surface area contributed by atoms with Gasteiger partial charge in [-0.15, -0.1) is 24.0 Å². The van der Waals surface area contributed by atoms with Gasteiger partial charge in [0.05, 0.1) is 13.2 Å². The molecule has 25 heavy (non-hydrogen) atoms. The number of benzene rings is 1. The van der Waals surface area contributed by atoms with Crippen LogP contribution in [0.25, 0.3) is 0 Å². The number of hydrogen-bond acceptors (Lipinski definition) is 3. The summed E-state index contributed by atoms with van der Waals surface area (Å²) >= 11 is 0. The van der Waals surface area contributed by atoms with Crippen molar-refractivity contribution in [3.05, 3.63) is 35.4 Å². The number of aliphatic imine (C=N–C) groups is 1. The topological polar surface area (TPSA) is 66.0 Å². The molecule has 0 aliphatic carbocycles. The van der Waals surface area contributed by atoms with Crippen molar-refractivity contribution in [3.8, 4) is 0 Å².